The summed E-state index contributed by atoms with van der Waals surface area (Å²) < 4.78 is 5.90. The smallest absolute Gasteiger partial charge is 0.255 e. The fourth-order valence-electron chi connectivity index (χ4n) is 4.70. The maximum Gasteiger partial charge on any atom is 0.255 e. The average Bonchev–Trinajstić information content (AvgIpc) is 3.15. The van der Waals surface area contributed by atoms with Crippen molar-refractivity contribution in [3.63, 3.8) is 0 Å². The van der Waals surface area contributed by atoms with E-state index in [0.29, 0.717) is 24.9 Å². The van der Waals surface area contributed by atoms with E-state index in [-0.39, 0.29) is 5.56 Å². The molecule has 1 fully saturated rings. The van der Waals surface area contributed by atoms with Gasteiger partial charge in [-0.2, -0.15) is 0 Å². The minimum atomic E-state index is 0.0344. The predicted octanol–water partition coefficient (Wildman–Crippen LogP) is 4.34. The summed E-state index contributed by atoms with van der Waals surface area (Å²) in [5.41, 5.74) is 3.74. The van der Waals surface area contributed by atoms with E-state index in [1.807, 2.05) is 37.3 Å². The predicted molar refractivity (Wildman–Crippen MR) is 115 cm³/mol. The fourth-order valence-corrected chi connectivity index (χ4v) is 4.70. The normalized spacial score (nSPS) is 17.8. The monoisotopic (exact) mass is 404 g/mol. The first-order chi connectivity index (χ1) is 14.7. The molecule has 5 rings (SSSR count). The molecule has 1 saturated carbocycles. The lowest BCUT2D eigenvalue weighted by Crippen LogP contribution is -2.36. The minimum Gasteiger partial charge on any atom is -0.441 e. The standard InChI is InChI=1S/C24H28N4O2/c1-16-21(26-24(30-16)18-10-6-3-7-11-18)15-28-13-12-20-19(14-28)23(29)27-22(25-20)17-8-4-2-5-9-17/h3,6-7,10-11,17H,2,4-5,8-9,12-15H2,1H3,(H,25,27,29). The highest BCUT2D eigenvalue weighted by Crippen LogP contribution is 2.31. The molecular formula is C24H28N4O2. The number of H-pyrrole nitrogens is 1. The van der Waals surface area contributed by atoms with Gasteiger partial charge in [0.05, 0.1) is 17.0 Å². The zero-order valence-electron chi connectivity index (χ0n) is 17.5. The average molecular weight is 405 g/mol. The van der Waals surface area contributed by atoms with Crippen LogP contribution in [0.1, 0.15) is 66.6 Å². The van der Waals surface area contributed by atoms with Gasteiger partial charge in [0.15, 0.2) is 0 Å². The summed E-state index contributed by atoms with van der Waals surface area (Å²) in [4.78, 5) is 27.8. The summed E-state index contributed by atoms with van der Waals surface area (Å²) in [6.07, 6.45) is 6.87. The summed E-state index contributed by atoms with van der Waals surface area (Å²) in [5, 5.41) is 0. The largest absolute Gasteiger partial charge is 0.441 e. The lowest BCUT2D eigenvalue weighted by molar-refractivity contribution is 0.237. The molecular weight excluding hydrogens is 376 g/mol. The highest BCUT2D eigenvalue weighted by molar-refractivity contribution is 5.53. The number of rotatable bonds is 4. The number of hydrogen-bond donors (Lipinski definition) is 1. The summed E-state index contributed by atoms with van der Waals surface area (Å²) in [5.74, 6) is 2.81. The molecule has 3 heterocycles. The molecule has 0 amide bonds. The summed E-state index contributed by atoms with van der Waals surface area (Å²) in [6.45, 7) is 4.11. The Kier molecular flexibility index (Phi) is 5.25. The minimum absolute atomic E-state index is 0.0344. The van der Waals surface area contributed by atoms with Crippen LogP contribution in [0.5, 0.6) is 0 Å². The van der Waals surface area contributed by atoms with Crippen LogP contribution in [0.2, 0.25) is 0 Å². The molecule has 1 N–H and O–H groups in total. The van der Waals surface area contributed by atoms with E-state index in [1.165, 1.54) is 19.3 Å². The van der Waals surface area contributed by atoms with Crippen LogP contribution < -0.4 is 5.56 Å². The summed E-state index contributed by atoms with van der Waals surface area (Å²) >= 11 is 0. The topological polar surface area (TPSA) is 75.0 Å². The molecule has 0 bridgehead atoms. The second-order valence-electron chi connectivity index (χ2n) is 8.56. The SMILES string of the molecule is Cc1oc(-c2ccccc2)nc1CN1CCc2nc(C3CCCCC3)[nH]c(=O)c2C1. The first kappa shape index (κ1) is 19.2. The van der Waals surface area contributed by atoms with Gasteiger partial charge in [-0.05, 0) is 31.9 Å². The number of aromatic nitrogens is 3. The van der Waals surface area contributed by atoms with E-state index < -0.39 is 0 Å². The van der Waals surface area contributed by atoms with Gasteiger partial charge >= 0.3 is 0 Å². The van der Waals surface area contributed by atoms with Gasteiger partial charge < -0.3 is 9.40 Å². The number of nitrogens with one attached hydrogen (secondary N) is 1. The molecule has 1 aliphatic carbocycles. The van der Waals surface area contributed by atoms with Crippen LogP contribution >= 0.6 is 0 Å². The molecule has 3 aromatic rings. The molecule has 1 aromatic carbocycles. The first-order valence-corrected chi connectivity index (χ1v) is 11.0. The van der Waals surface area contributed by atoms with Gasteiger partial charge in [-0.3, -0.25) is 9.69 Å². The third-order valence-electron chi connectivity index (χ3n) is 6.44. The molecule has 0 saturated heterocycles. The number of oxazole rings is 1. The van der Waals surface area contributed by atoms with Crippen LogP contribution in [0, 0.1) is 6.92 Å². The van der Waals surface area contributed by atoms with Crippen LogP contribution in [0.25, 0.3) is 11.5 Å². The van der Waals surface area contributed by atoms with Gasteiger partial charge in [0.1, 0.15) is 11.6 Å². The zero-order chi connectivity index (χ0) is 20.5. The van der Waals surface area contributed by atoms with Gasteiger partial charge in [-0.25, -0.2) is 9.97 Å². The Labute approximate surface area is 176 Å². The molecule has 156 valence electrons. The molecule has 0 radical (unpaired) electrons. The number of hydrogen-bond acceptors (Lipinski definition) is 5. The van der Waals surface area contributed by atoms with Crippen LogP contribution in [0.4, 0.5) is 0 Å². The Morgan fingerprint density at radius 3 is 2.73 bits per heavy atom. The molecule has 6 nitrogen and oxygen atoms in total. The van der Waals surface area contributed by atoms with Crippen molar-refractivity contribution in [1.29, 1.82) is 0 Å². The van der Waals surface area contributed by atoms with Crippen molar-refractivity contribution in [1.82, 2.24) is 19.9 Å². The van der Waals surface area contributed by atoms with E-state index in [0.717, 1.165) is 59.9 Å². The lowest BCUT2D eigenvalue weighted by atomic mass is 9.88. The van der Waals surface area contributed by atoms with E-state index in [4.69, 9.17) is 14.4 Å². The van der Waals surface area contributed by atoms with Gasteiger partial charge in [0, 0.05) is 37.5 Å². The number of aryl methyl sites for hydroxylation is 1. The highest BCUT2D eigenvalue weighted by atomic mass is 16.4. The van der Waals surface area contributed by atoms with Crippen LogP contribution in [-0.2, 0) is 19.5 Å². The number of fused-ring (bicyclic) bond motifs is 1. The Balaban J connectivity index is 1.33. The summed E-state index contributed by atoms with van der Waals surface area (Å²) in [7, 11) is 0. The van der Waals surface area contributed by atoms with Crippen LogP contribution in [0.3, 0.4) is 0 Å². The molecule has 0 spiro atoms. The lowest BCUT2D eigenvalue weighted by Gasteiger charge is -2.28. The van der Waals surface area contributed by atoms with E-state index in [1.54, 1.807) is 0 Å². The third kappa shape index (κ3) is 3.84. The van der Waals surface area contributed by atoms with Crippen molar-refractivity contribution in [2.45, 2.75) is 64.5 Å². The van der Waals surface area contributed by atoms with Crippen molar-refractivity contribution in [2.24, 2.45) is 0 Å². The number of aromatic amines is 1. The Morgan fingerprint density at radius 1 is 1.13 bits per heavy atom. The van der Waals surface area contributed by atoms with Gasteiger partial charge in [-0.15, -0.1) is 0 Å². The van der Waals surface area contributed by atoms with Gasteiger partial charge in [0.2, 0.25) is 5.89 Å². The molecule has 6 heteroatoms. The van der Waals surface area contributed by atoms with Crippen LogP contribution in [0.15, 0.2) is 39.5 Å². The molecule has 30 heavy (non-hydrogen) atoms. The van der Waals surface area contributed by atoms with Gasteiger partial charge in [-0.1, -0.05) is 37.5 Å². The van der Waals surface area contributed by atoms with E-state index in [2.05, 4.69) is 9.88 Å². The van der Waals surface area contributed by atoms with Crippen LogP contribution in [-0.4, -0.2) is 26.4 Å². The first-order valence-electron chi connectivity index (χ1n) is 11.0. The number of benzene rings is 1. The zero-order valence-corrected chi connectivity index (χ0v) is 17.5. The van der Waals surface area contributed by atoms with Crippen molar-refractivity contribution < 1.29 is 4.42 Å². The molecule has 0 atom stereocenters. The molecule has 2 aromatic heterocycles. The van der Waals surface area contributed by atoms with E-state index >= 15 is 0 Å². The molecule has 0 unspecified atom stereocenters. The van der Waals surface area contributed by atoms with Crippen molar-refractivity contribution in [2.75, 3.05) is 6.54 Å². The molecule has 2 aliphatic rings. The highest BCUT2D eigenvalue weighted by Gasteiger charge is 2.25. The second-order valence-corrected chi connectivity index (χ2v) is 8.56. The van der Waals surface area contributed by atoms with Crippen molar-refractivity contribution in [3.8, 4) is 11.5 Å². The van der Waals surface area contributed by atoms with Crippen molar-refractivity contribution in [3.05, 3.63) is 69.2 Å². The fraction of sp³-hybridized carbons (Fsp3) is 0.458. The van der Waals surface area contributed by atoms with Gasteiger partial charge in [0.25, 0.3) is 5.56 Å². The van der Waals surface area contributed by atoms with E-state index in [9.17, 15) is 4.79 Å². The third-order valence-corrected chi connectivity index (χ3v) is 6.44. The Morgan fingerprint density at radius 2 is 1.93 bits per heavy atom. The van der Waals surface area contributed by atoms with Crippen molar-refractivity contribution >= 4 is 0 Å². The quantitative estimate of drug-likeness (QED) is 0.700. The Bertz CT molecular complexity index is 1080. The summed E-state index contributed by atoms with van der Waals surface area (Å²) in [6, 6.07) is 9.95. The molecule has 1 aliphatic heterocycles. The second kappa shape index (κ2) is 8.19. The maximum absolute atomic E-state index is 12.8. The maximum atomic E-state index is 12.8. The number of nitrogens with zero attached hydrogens (tertiary/aromatic N) is 3. The Hall–Kier alpha value is -2.73.